The van der Waals surface area contributed by atoms with Crippen LogP contribution in [0, 0.1) is 5.41 Å². The van der Waals surface area contributed by atoms with Crippen molar-refractivity contribution >= 4 is 11.8 Å². The van der Waals surface area contributed by atoms with Gasteiger partial charge < -0.3 is 9.80 Å². The number of rotatable bonds is 0. The van der Waals surface area contributed by atoms with Gasteiger partial charge in [-0.15, -0.1) is 0 Å². The molecular weight excluding hydrogens is 192 g/mol. The van der Waals surface area contributed by atoms with Crippen molar-refractivity contribution in [1.82, 2.24) is 9.80 Å². The SMILES string of the molecule is CC.CC(=O)N1CC2(CCN(C)C2=O)C1. The summed E-state index contributed by atoms with van der Waals surface area (Å²) < 4.78 is 0. The van der Waals surface area contributed by atoms with E-state index < -0.39 is 0 Å². The van der Waals surface area contributed by atoms with Gasteiger partial charge in [0, 0.05) is 33.6 Å². The number of nitrogens with zero attached hydrogens (tertiary/aromatic N) is 2. The summed E-state index contributed by atoms with van der Waals surface area (Å²) >= 11 is 0. The molecule has 0 bridgehead atoms. The van der Waals surface area contributed by atoms with Gasteiger partial charge in [-0.25, -0.2) is 0 Å². The highest BCUT2D eigenvalue weighted by Gasteiger charge is 2.54. The molecule has 2 rings (SSSR count). The first-order valence-corrected chi connectivity index (χ1v) is 5.56. The van der Waals surface area contributed by atoms with Crippen LogP contribution in [0.3, 0.4) is 0 Å². The van der Waals surface area contributed by atoms with Crippen LogP contribution in [0.15, 0.2) is 0 Å². The molecule has 0 unspecified atom stereocenters. The molecule has 0 saturated carbocycles. The second kappa shape index (κ2) is 4.21. The Labute approximate surface area is 91.2 Å². The van der Waals surface area contributed by atoms with Crippen LogP contribution in [-0.4, -0.2) is 48.3 Å². The fraction of sp³-hybridized carbons (Fsp3) is 0.818. The van der Waals surface area contributed by atoms with Crippen molar-refractivity contribution in [2.45, 2.75) is 27.2 Å². The van der Waals surface area contributed by atoms with E-state index in [1.807, 2.05) is 20.9 Å². The second-order valence-corrected chi connectivity index (χ2v) is 4.13. The molecule has 4 nitrogen and oxygen atoms in total. The maximum atomic E-state index is 11.7. The highest BCUT2D eigenvalue weighted by atomic mass is 16.2. The van der Waals surface area contributed by atoms with Crippen molar-refractivity contribution in [2.24, 2.45) is 5.41 Å². The first-order valence-electron chi connectivity index (χ1n) is 5.56. The summed E-state index contributed by atoms with van der Waals surface area (Å²) in [6.45, 7) is 7.65. The van der Waals surface area contributed by atoms with E-state index in [4.69, 9.17) is 0 Å². The van der Waals surface area contributed by atoms with E-state index in [-0.39, 0.29) is 17.2 Å². The molecule has 4 heteroatoms. The molecule has 0 aromatic heterocycles. The molecule has 2 heterocycles. The van der Waals surface area contributed by atoms with E-state index in [1.165, 1.54) is 0 Å². The third-order valence-corrected chi connectivity index (χ3v) is 3.16. The minimum Gasteiger partial charge on any atom is -0.345 e. The predicted molar refractivity (Wildman–Crippen MR) is 58.3 cm³/mol. The van der Waals surface area contributed by atoms with Crippen LogP contribution >= 0.6 is 0 Å². The molecule has 2 aliphatic heterocycles. The van der Waals surface area contributed by atoms with Gasteiger partial charge in [0.05, 0.1) is 5.41 Å². The summed E-state index contributed by atoms with van der Waals surface area (Å²) in [6, 6.07) is 0. The van der Waals surface area contributed by atoms with Crippen molar-refractivity contribution in [1.29, 1.82) is 0 Å². The molecule has 0 N–H and O–H groups in total. The molecule has 86 valence electrons. The summed E-state index contributed by atoms with van der Waals surface area (Å²) in [5.41, 5.74) is -0.208. The number of likely N-dealkylation sites (tertiary alicyclic amines) is 2. The standard InChI is InChI=1S/C9H14N2O2.C2H6/c1-7(12)11-5-9(6-11)3-4-10(2)8(9)13;1-2/h3-6H2,1-2H3;1-2H3. The average Bonchev–Trinajstić information content (AvgIpc) is 2.45. The van der Waals surface area contributed by atoms with Gasteiger partial charge in [0.2, 0.25) is 11.8 Å². The fourth-order valence-electron chi connectivity index (χ4n) is 2.20. The molecule has 1 spiro atoms. The lowest BCUT2D eigenvalue weighted by Gasteiger charge is -2.45. The van der Waals surface area contributed by atoms with Crippen LogP contribution in [0.5, 0.6) is 0 Å². The van der Waals surface area contributed by atoms with E-state index in [0.717, 1.165) is 13.0 Å². The van der Waals surface area contributed by atoms with Crippen LogP contribution in [0.25, 0.3) is 0 Å². The first kappa shape index (κ1) is 12.0. The van der Waals surface area contributed by atoms with E-state index >= 15 is 0 Å². The van der Waals surface area contributed by atoms with Crippen LogP contribution in [-0.2, 0) is 9.59 Å². The molecule has 0 aromatic carbocycles. The summed E-state index contributed by atoms with van der Waals surface area (Å²) in [4.78, 5) is 26.1. The Bertz CT molecular complexity index is 270. The van der Waals surface area contributed by atoms with Gasteiger partial charge in [0.25, 0.3) is 0 Å². The van der Waals surface area contributed by atoms with Crippen molar-refractivity contribution in [3.63, 3.8) is 0 Å². The molecule has 2 saturated heterocycles. The minimum atomic E-state index is -0.208. The maximum absolute atomic E-state index is 11.7. The zero-order valence-corrected chi connectivity index (χ0v) is 10.0. The Morgan fingerprint density at radius 2 is 1.87 bits per heavy atom. The predicted octanol–water partition coefficient (Wildman–Crippen LogP) is 0.723. The number of hydrogen-bond acceptors (Lipinski definition) is 2. The van der Waals surface area contributed by atoms with Crippen molar-refractivity contribution < 1.29 is 9.59 Å². The van der Waals surface area contributed by atoms with Crippen molar-refractivity contribution in [3.8, 4) is 0 Å². The first-order chi connectivity index (χ1) is 7.05. The molecule has 0 atom stereocenters. The highest BCUT2D eigenvalue weighted by Crippen LogP contribution is 2.39. The van der Waals surface area contributed by atoms with E-state index in [1.54, 1.807) is 16.7 Å². The third-order valence-electron chi connectivity index (χ3n) is 3.16. The van der Waals surface area contributed by atoms with Crippen LogP contribution in [0.1, 0.15) is 27.2 Å². The van der Waals surface area contributed by atoms with E-state index in [9.17, 15) is 9.59 Å². The van der Waals surface area contributed by atoms with Crippen molar-refractivity contribution in [2.75, 3.05) is 26.7 Å². The topological polar surface area (TPSA) is 40.6 Å². The Hall–Kier alpha value is -1.06. The van der Waals surface area contributed by atoms with E-state index in [0.29, 0.717) is 13.1 Å². The average molecular weight is 212 g/mol. The lowest BCUT2D eigenvalue weighted by molar-refractivity contribution is -0.152. The Morgan fingerprint density at radius 1 is 1.33 bits per heavy atom. The van der Waals surface area contributed by atoms with Gasteiger partial charge in [-0.05, 0) is 6.42 Å². The Balaban J connectivity index is 0.000000531. The fourth-order valence-corrected chi connectivity index (χ4v) is 2.20. The van der Waals surface area contributed by atoms with E-state index in [2.05, 4.69) is 0 Å². The highest BCUT2D eigenvalue weighted by molar-refractivity contribution is 5.88. The number of carbonyl (C=O) groups is 2. The lowest BCUT2D eigenvalue weighted by atomic mass is 9.78. The molecule has 0 aliphatic carbocycles. The zero-order valence-electron chi connectivity index (χ0n) is 10.0. The maximum Gasteiger partial charge on any atom is 0.232 e. The molecule has 0 radical (unpaired) electrons. The lowest BCUT2D eigenvalue weighted by Crippen LogP contribution is -2.60. The molecular formula is C11H20N2O2. The molecule has 15 heavy (non-hydrogen) atoms. The van der Waals surface area contributed by atoms with Gasteiger partial charge in [0.15, 0.2) is 0 Å². The molecule has 2 fully saturated rings. The number of hydrogen-bond donors (Lipinski definition) is 0. The minimum absolute atomic E-state index is 0.0768. The summed E-state index contributed by atoms with van der Waals surface area (Å²) in [6.07, 6.45) is 0.909. The number of amides is 2. The monoisotopic (exact) mass is 212 g/mol. The van der Waals surface area contributed by atoms with Crippen molar-refractivity contribution in [3.05, 3.63) is 0 Å². The second-order valence-electron chi connectivity index (χ2n) is 4.13. The van der Waals surface area contributed by atoms with Gasteiger partial charge >= 0.3 is 0 Å². The quantitative estimate of drug-likeness (QED) is 0.593. The Kier molecular flexibility index (Phi) is 3.37. The van der Waals surface area contributed by atoms with Crippen LogP contribution < -0.4 is 0 Å². The largest absolute Gasteiger partial charge is 0.345 e. The Morgan fingerprint density at radius 3 is 2.20 bits per heavy atom. The van der Waals surface area contributed by atoms with Gasteiger partial charge in [-0.2, -0.15) is 0 Å². The van der Waals surface area contributed by atoms with Gasteiger partial charge in [-0.1, -0.05) is 13.8 Å². The normalized spacial score (nSPS) is 22.3. The zero-order chi connectivity index (χ0) is 11.6. The molecule has 2 aliphatic rings. The number of carbonyl (C=O) groups excluding carboxylic acids is 2. The third kappa shape index (κ3) is 1.85. The molecule has 0 aromatic rings. The van der Waals surface area contributed by atoms with Gasteiger partial charge in [0.1, 0.15) is 0 Å². The van der Waals surface area contributed by atoms with Gasteiger partial charge in [-0.3, -0.25) is 9.59 Å². The van der Waals surface area contributed by atoms with Crippen LogP contribution in [0.4, 0.5) is 0 Å². The summed E-state index contributed by atoms with van der Waals surface area (Å²) in [7, 11) is 1.83. The van der Waals surface area contributed by atoms with Crippen LogP contribution in [0.2, 0.25) is 0 Å². The molecule has 2 amide bonds. The summed E-state index contributed by atoms with van der Waals surface area (Å²) in [5, 5.41) is 0. The summed E-state index contributed by atoms with van der Waals surface area (Å²) in [5.74, 6) is 0.290. The smallest absolute Gasteiger partial charge is 0.232 e.